The van der Waals surface area contributed by atoms with E-state index in [1.807, 2.05) is 30.5 Å². The Labute approximate surface area is 130 Å². The first-order chi connectivity index (χ1) is 10.8. The van der Waals surface area contributed by atoms with Crippen molar-refractivity contribution in [1.82, 2.24) is 0 Å². The van der Waals surface area contributed by atoms with E-state index in [1.54, 1.807) is 7.11 Å². The molecule has 0 amide bonds. The van der Waals surface area contributed by atoms with E-state index in [0.717, 1.165) is 37.7 Å². The number of H-pyrrole nitrogens is 1. The average Bonchev–Trinajstić information content (AvgIpc) is 2.62. The lowest BCUT2D eigenvalue weighted by molar-refractivity contribution is -0.364. The second kappa shape index (κ2) is 6.35. The van der Waals surface area contributed by atoms with Crippen LogP contribution < -0.4 is 19.5 Å². The van der Waals surface area contributed by atoms with Crippen molar-refractivity contribution in [3.8, 4) is 11.8 Å². The molecule has 2 aromatic rings. The third kappa shape index (κ3) is 2.82. The summed E-state index contributed by atoms with van der Waals surface area (Å²) in [6, 6.07) is 14.1. The van der Waals surface area contributed by atoms with Crippen molar-refractivity contribution in [1.29, 1.82) is 5.26 Å². The molecule has 1 aromatic heterocycles. The largest absolute Gasteiger partial charge is 0.497 e. The molecule has 1 fully saturated rings. The zero-order chi connectivity index (χ0) is 15.4. The van der Waals surface area contributed by atoms with Crippen LogP contribution in [0.4, 0.5) is 11.5 Å². The highest BCUT2D eigenvalue weighted by molar-refractivity contribution is 5.53. The Kier molecular flexibility index (Phi) is 4.10. The molecule has 0 unspecified atom stereocenters. The fourth-order valence-corrected chi connectivity index (χ4v) is 2.76. The van der Waals surface area contributed by atoms with Crippen LogP contribution in [0.25, 0.3) is 0 Å². The van der Waals surface area contributed by atoms with Crippen LogP contribution in [0.3, 0.4) is 0 Å². The van der Waals surface area contributed by atoms with Gasteiger partial charge in [0.15, 0.2) is 0 Å². The molecule has 112 valence electrons. The second-order valence-corrected chi connectivity index (χ2v) is 5.22. The molecule has 2 heterocycles. The minimum Gasteiger partial charge on any atom is -0.497 e. The normalized spacial score (nSPS) is 14.5. The van der Waals surface area contributed by atoms with E-state index in [0.29, 0.717) is 5.56 Å². The first-order valence-electron chi connectivity index (χ1n) is 7.36. The Morgan fingerprint density at radius 2 is 1.73 bits per heavy atom. The molecule has 1 aliphatic rings. The molecule has 1 aromatic carbocycles. The van der Waals surface area contributed by atoms with E-state index < -0.39 is 0 Å². The number of aromatic amines is 1. The van der Waals surface area contributed by atoms with Crippen LogP contribution in [-0.4, -0.2) is 33.3 Å². The third-order valence-corrected chi connectivity index (χ3v) is 3.99. The highest BCUT2D eigenvalue weighted by Gasteiger charge is 2.25. The van der Waals surface area contributed by atoms with Gasteiger partial charge in [0.1, 0.15) is 30.5 Å². The Balaban J connectivity index is 1.68. The first-order valence-corrected chi connectivity index (χ1v) is 7.36. The molecule has 1 N–H and O–H groups in total. The Morgan fingerprint density at radius 3 is 2.36 bits per heavy atom. The van der Waals surface area contributed by atoms with Gasteiger partial charge < -0.3 is 9.64 Å². The molecule has 5 heteroatoms. The molecule has 3 rings (SSSR count). The van der Waals surface area contributed by atoms with Crippen LogP contribution in [0.5, 0.6) is 5.75 Å². The van der Waals surface area contributed by atoms with Crippen molar-refractivity contribution < 1.29 is 9.72 Å². The minimum atomic E-state index is 0.695. The molecule has 1 saturated heterocycles. The van der Waals surface area contributed by atoms with Crippen LogP contribution in [0, 0.1) is 11.3 Å². The summed E-state index contributed by atoms with van der Waals surface area (Å²) in [4.78, 5) is 7.78. The Morgan fingerprint density at radius 1 is 1.05 bits per heavy atom. The summed E-state index contributed by atoms with van der Waals surface area (Å²) in [7, 11) is 1.68. The SMILES string of the molecule is COc1ccc(N2CCN(c3[nH+]cccc3C#N)CC2)cc1. The van der Waals surface area contributed by atoms with E-state index in [1.165, 1.54) is 5.69 Å². The monoisotopic (exact) mass is 295 g/mol. The second-order valence-electron chi connectivity index (χ2n) is 5.22. The zero-order valence-electron chi connectivity index (χ0n) is 12.6. The third-order valence-electron chi connectivity index (χ3n) is 3.99. The summed E-state index contributed by atoms with van der Waals surface area (Å²) in [6.45, 7) is 3.64. The number of rotatable bonds is 3. The molecule has 1 aliphatic heterocycles. The molecule has 0 atom stereocenters. The van der Waals surface area contributed by atoms with E-state index >= 15 is 0 Å². The number of hydrogen-bond acceptors (Lipinski definition) is 4. The number of nitrogens with one attached hydrogen (secondary N) is 1. The smallest absolute Gasteiger partial charge is 0.292 e. The number of aromatic nitrogens is 1. The maximum Gasteiger partial charge on any atom is 0.292 e. The summed E-state index contributed by atoms with van der Waals surface area (Å²) < 4.78 is 5.20. The molecule has 22 heavy (non-hydrogen) atoms. The van der Waals surface area contributed by atoms with E-state index in [-0.39, 0.29) is 0 Å². The number of methoxy groups -OCH3 is 1. The maximum absolute atomic E-state index is 9.21. The number of anilines is 2. The molecule has 0 spiro atoms. The van der Waals surface area contributed by atoms with Crippen molar-refractivity contribution >= 4 is 11.5 Å². The van der Waals surface area contributed by atoms with Crippen LogP contribution in [0.1, 0.15) is 5.56 Å². The topological polar surface area (TPSA) is 53.6 Å². The lowest BCUT2D eigenvalue weighted by atomic mass is 10.2. The van der Waals surface area contributed by atoms with Gasteiger partial charge in [-0.2, -0.15) is 5.26 Å². The molecule has 0 saturated carbocycles. The molecule has 5 nitrogen and oxygen atoms in total. The standard InChI is InChI=1S/C17H18N4O/c1-22-16-6-4-15(5-7-16)20-9-11-21(12-10-20)17-14(13-18)3-2-8-19-17/h2-8H,9-12H2,1H3/p+1. The van der Waals surface area contributed by atoms with Gasteiger partial charge >= 0.3 is 0 Å². The van der Waals surface area contributed by atoms with Crippen LogP contribution in [-0.2, 0) is 0 Å². The van der Waals surface area contributed by atoms with Gasteiger partial charge in [-0.3, -0.25) is 4.90 Å². The molecule has 0 aliphatic carbocycles. The number of ether oxygens (including phenoxy) is 1. The molecule has 0 radical (unpaired) electrons. The summed E-state index contributed by atoms with van der Waals surface area (Å²) in [6.07, 6.45) is 1.87. The summed E-state index contributed by atoms with van der Waals surface area (Å²) >= 11 is 0. The lowest BCUT2D eigenvalue weighted by Gasteiger charge is -2.32. The summed E-state index contributed by atoms with van der Waals surface area (Å²) in [5, 5.41) is 9.21. The molecular weight excluding hydrogens is 276 g/mol. The van der Waals surface area contributed by atoms with Crippen LogP contribution >= 0.6 is 0 Å². The summed E-state index contributed by atoms with van der Waals surface area (Å²) in [5.41, 5.74) is 1.90. The van der Waals surface area contributed by atoms with Gasteiger partial charge in [-0.15, -0.1) is 0 Å². The fourth-order valence-electron chi connectivity index (χ4n) is 2.76. The van der Waals surface area contributed by atoms with Crippen molar-refractivity contribution in [2.24, 2.45) is 0 Å². The van der Waals surface area contributed by atoms with Crippen molar-refractivity contribution in [3.63, 3.8) is 0 Å². The Bertz CT molecular complexity index is 670. The van der Waals surface area contributed by atoms with Crippen molar-refractivity contribution in [3.05, 3.63) is 48.2 Å². The zero-order valence-corrected chi connectivity index (χ0v) is 12.6. The van der Waals surface area contributed by atoms with Gasteiger partial charge in [-0.25, -0.2) is 4.98 Å². The van der Waals surface area contributed by atoms with Gasteiger partial charge in [0, 0.05) is 5.69 Å². The predicted molar refractivity (Wildman–Crippen MR) is 85.1 cm³/mol. The summed E-state index contributed by atoms with van der Waals surface area (Å²) in [5.74, 6) is 1.79. The molecular formula is C17H19N4O+. The Hall–Kier alpha value is -2.74. The first kappa shape index (κ1) is 14.2. The number of pyridine rings is 1. The fraction of sp³-hybridized carbons (Fsp3) is 0.294. The van der Waals surface area contributed by atoms with Crippen molar-refractivity contribution in [2.75, 3.05) is 43.1 Å². The van der Waals surface area contributed by atoms with Gasteiger partial charge in [0.2, 0.25) is 0 Å². The minimum absolute atomic E-state index is 0.695. The molecule has 0 bridgehead atoms. The number of nitriles is 1. The van der Waals surface area contributed by atoms with Gasteiger partial charge in [-0.05, 0) is 36.4 Å². The van der Waals surface area contributed by atoms with Crippen LogP contribution in [0.2, 0.25) is 0 Å². The van der Waals surface area contributed by atoms with Crippen molar-refractivity contribution in [2.45, 2.75) is 0 Å². The van der Waals surface area contributed by atoms with Crippen LogP contribution in [0.15, 0.2) is 42.6 Å². The number of hydrogen-bond donors (Lipinski definition) is 0. The van der Waals surface area contributed by atoms with E-state index in [4.69, 9.17) is 4.74 Å². The number of benzene rings is 1. The van der Waals surface area contributed by atoms with Gasteiger partial charge in [0.05, 0.1) is 26.4 Å². The highest BCUT2D eigenvalue weighted by Crippen LogP contribution is 2.22. The average molecular weight is 295 g/mol. The van der Waals surface area contributed by atoms with E-state index in [9.17, 15) is 5.26 Å². The highest BCUT2D eigenvalue weighted by atomic mass is 16.5. The lowest BCUT2D eigenvalue weighted by Crippen LogP contribution is -2.48. The quantitative estimate of drug-likeness (QED) is 0.865. The van der Waals surface area contributed by atoms with Gasteiger partial charge in [-0.1, -0.05) is 0 Å². The van der Waals surface area contributed by atoms with E-state index in [2.05, 4.69) is 33.0 Å². The maximum atomic E-state index is 9.21. The number of nitrogens with zero attached hydrogens (tertiary/aromatic N) is 3. The number of piperazine rings is 1. The van der Waals surface area contributed by atoms with Gasteiger partial charge in [0.25, 0.3) is 5.82 Å². The predicted octanol–water partition coefficient (Wildman–Crippen LogP) is 1.71.